The molecule has 7 heteroatoms. The average Bonchev–Trinajstić information content (AvgIpc) is 3.06. The predicted octanol–water partition coefficient (Wildman–Crippen LogP) is 5.32. The maximum absolute atomic E-state index is 15.1. The molecule has 0 radical (unpaired) electrons. The van der Waals surface area contributed by atoms with Crippen LogP contribution in [0.4, 0.5) is 10.1 Å². The fourth-order valence-corrected chi connectivity index (χ4v) is 4.25. The Hall–Kier alpha value is -4.00. The predicted molar refractivity (Wildman–Crippen MR) is 128 cm³/mol. The van der Waals surface area contributed by atoms with E-state index in [-0.39, 0.29) is 36.4 Å². The van der Waals surface area contributed by atoms with Crippen LogP contribution in [-0.4, -0.2) is 31.0 Å². The summed E-state index contributed by atoms with van der Waals surface area (Å²) in [7, 11) is 0. The van der Waals surface area contributed by atoms with Crippen molar-refractivity contribution in [2.45, 2.75) is 27.2 Å². The quantitative estimate of drug-likeness (QED) is 0.352. The lowest BCUT2D eigenvalue weighted by atomic mass is 9.93. The van der Waals surface area contributed by atoms with E-state index in [4.69, 9.17) is 9.47 Å². The fourth-order valence-electron chi connectivity index (χ4n) is 4.25. The highest BCUT2D eigenvalue weighted by Gasteiger charge is 2.43. The van der Waals surface area contributed by atoms with Gasteiger partial charge in [-0.1, -0.05) is 42.5 Å². The average molecular weight is 461 g/mol. The van der Waals surface area contributed by atoms with Gasteiger partial charge in [-0.05, 0) is 49.4 Å². The van der Waals surface area contributed by atoms with Crippen LogP contribution in [0.15, 0.2) is 48.5 Å². The molecule has 0 N–H and O–H groups in total. The van der Waals surface area contributed by atoms with E-state index in [2.05, 4.69) is 0 Å². The Labute approximate surface area is 196 Å². The third-order valence-corrected chi connectivity index (χ3v) is 5.57. The zero-order chi connectivity index (χ0) is 24.4. The zero-order valence-electron chi connectivity index (χ0n) is 19.2. The first-order valence-electron chi connectivity index (χ1n) is 11.1. The number of allylic oxidation sites excluding steroid dienone is 1. The van der Waals surface area contributed by atoms with Crippen molar-refractivity contribution >= 4 is 40.3 Å². The molecule has 0 unspecified atom stereocenters. The lowest BCUT2D eigenvalue weighted by molar-refractivity contribution is -0.142. The van der Waals surface area contributed by atoms with E-state index in [0.29, 0.717) is 22.3 Å². The second kappa shape index (κ2) is 9.47. The van der Waals surface area contributed by atoms with Gasteiger partial charge in [-0.25, -0.2) is 9.29 Å². The number of carbonyl (C=O) groups excluding carboxylic acids is 3. The van der Waals surface area contributed by atoms with Crippen LogP contribution in [0.5, 0.6) is 5.75 Å². The number of carbonyl (C=O) groups is 3. The molecule has 1 aliphatic rings. The number of halogens is 1. The van der Waals surface area contributed by atoms with Crippen molar-refractivity contribution in [3.05, 3.63) is 76.6 Å². The second-order valence-electron chi connectivity index (χ2n) is 7.68. The largest absolute Gasteiger partial charge is 0.492 e. The number of esters is 1. The summed E-state index contributed by atoms with van der Waals surface area (Å²) in [4.78, 5) is 39.7. The van der Waals surface area contributed by atoms with Crippen molar-refractivity contribution < 1.29 is 28.2 Å². The summed E-state index contributed by atoms with van der Waals surface area (Å²) < 4.78 is 25.9. The van der Waals surface area contributed by atoms with Gasteiger partial charge in [0.25, 0.3) is 11.8 Å². The molecule has 0 bridgehead atoms. The number of nitrogens with zero attached hydrogens (tertiary/aromatic N) is 1. The first kappa shape index (κ1) is 23.2. The van der Waals surface area contributed by atoms with Gasteiger partial charge in [0.15, 0.2) is 0 Å². The maximum Gasteiger partial charge on any atom is 0.310 e. The zero-order valence-corrected chi connectivity index (χ0v) is 19.2. The van der Waals surface area contributed by atoms with Crippen LogP contribution < -0.4 is 9.64 Å². The van der Waals surface area contributed by atoms with E-state index >= 15 is 4.39 Å². The minimum absolute atomic E-state index is 0.113. The van der Waals surface area contributed by atoms with Gasteiger partial charge < -0.3 is 9.47 Å². The summed E-state index contributed by atoms with van der Waals surface area (Å²) in [5.41, 5.74) is 1.08. The number of imide groups is 1. The third kappa shape index (κ3) is 3.83. The van der Waals surface area contributed by atoms with Crippen molar-refractivity contribution in [3.8, 4) is 5.75 Å². The fraction of sp³-hybridized carbons (Fsp3) is 0.222. The van der Waals surface area contributed by atoms with Gasteiger partial charge in [-0.2, -0.15) is 0 Å². The molecule has 174 valence electrons. The van der Waals surface area contributed by atoms with Gasteiger partial charge >= 0.3 is 5.97 Å². The van der Waals surface area contributed by atoms with E-state index in [9.17, 15) is 14.4 Å². The summed E-state index contributed by atoms with van der Waals surface area (Å²) in [5.74, 6) is -2.25. The summed E-state index contributed by atoms with van der Waals surface area (Å²) in [6.07, 6.45) is 3.44. The molecule has 0 aliphatic carbocycles. The maximum atomic E-state index is 15.1. The number of fused-ring (bicyclic) bond motifs is 2. The Morgan fingerprint density at radius 2 is 1.71 bits per heavy atom. The number of rotatable bonds is 7. The molecule has 0 atom stereocenters. The third-order valence-electron chi connectivity index (χ3n) is 5.57. The van der Waals surface area contributed by atoms with Crippen molar-refractivity contribution in [1.82, 2.24) is 0 Å². The lowest BCUT2D eigenvalue weighted by Crippen LogP contribution is -2.30. The highest BCUT2D eigenvalue weighted by molar-refractivity contribution is 6.38. The highest BCUT2D eigenvalue weighted by atomic mass is 19.1. The Morgan fingerprint density at radius 3 is 2.35 bits per heavy atom. The molecule has 3 aromatic rings. The Morgan fingerprint density at radius 1 is 1.00 bits per heavy atom. The van der Waals surface area contributed by atoms with Gasteiger partial charge in [0, 0.05) is 5.39 Å². The minimum Gasteiger partial charge on any atom is -0.492 e. The monoisotopic (exact) mass is 461 g/mol. The van der Waals surface area contributed by atoms with Crippen LogP contribution in [0.1, 0.15) is 52.6 Å². The molecular weight excluding hydrogens is 437 g/mol. The number of hydrogen-bond acceptors (Lipinski definition) is 5. The highest BCUT2D eigenvalue weighted by Crippen LogP contribution is 2.43. The van der Waals surface area contributed by atoms with Gasteiger partial charge in [-0.15, -0.1) is 0 Å². The van der Waals surface area contributed by atoms with Crippen LogP contribution in [0.2, 0.25) is 0 Å². The molecule has 2 amide bonds. The van der Waals surface area contributed by atoms with Crippen LogP contribution in [0, 0.1) is 5.82 Å². The number of benzene rings is 3. The Bertz CT molecular complexity index is 1340. The number of hydrogen-bond donors (Lipinski definition) is 0. The van der Waals surface area contributed by atoms with E-state index in [0.717, 1.165) is 16.4 Å². The minimum atomic E-state index is -0.786. The SMILES string of the molecule is C/C=C/c1c2c(c(OCC)c3ccccc13)C(=O)N(c1ccc(CC(=O)OCC)cc1F)C2=O. The Balaban J connectivity index is 1.87. The summed E-state index contributed by atoms with van der Waals surface area (Å²) in [5, 5.41) is 1.46. The number of ether oxygens (including phenoxy) is 2. The molecule has 1 heterocycles. The standard InChI is InChI=1S/C27H24FNO5/c1-4-9-18-17-10-7-8-11-19(17)25(34-6-3)24-23(18)26(31)29(27(24)32)21-13-12-16(14-20(21)28)15-22(30)33-5-2/h4,7-14H,5-6,15H2,1-3H3/b9-4+. The molecule has 0 aromatic heterocycles. The van der Waals surface area contributed by atoms with E-state index in [1.165, 1.54) is 12.1 Å². The van der Waals surface area contributed by atoms with Crippen LogP contribution >= 0.6 is 0 Å². The van der Waals surface area contributed by atoms with E-state index < -0.39 is 23.6 Å². The smallest absolute Gasteiger partial charge is 0.310 e. The normalized spacial score (nSPS) is 13.1. The van der Waals surface area contributed by atoms with Gasteiger partial charge in [-0.3, -0.25) is 14.4 Å². The van der Waals surface area contributed by atoms with E-state index in [1.807, 2.05) is 31.2 Å². The number of anilines is 1. The topological polar surface area (TPSA) is 72.9 Å². The molecule has 6 nitrogen and oxygen atoms in total. The first-order chi connectivity index (χ1) is 16.4. The van der Waals surface area contributed by atoms with Gasteiger partial charge in [0.05, 0.1) is 36.4 Å². The molecule has 0 fully saturated rings. The van der Waals surface area contributed by atoms with Gasteiger partial charge in [0.2, 0.25) is 0 Å². The molecule has 1 aliphatic heterocycles. The summed E-state index contributed by atoms with van der Waals surface area (Å²) >= 11 is 0. The van der Waals surface area contributed by atoms with Gasteiger partial charge in [0.1, 0.15) is 11.6 Å². The number of amides is 2. The van der Waals surface area contributed by atoms with Crippen LogP contribution in [0.25, 0.3) is 16.8 Å². The van der Waals surface area contributed by atoms with Crippen molar-refractivity contribution in [2.75, 3.05) is 18.1 Å². The molecule has 34 heavy (non-hydrogen) atoms. The first-order valence-corrected chi connectivity index (χ1v) is 11.1. The molecule has 0 saturated carbocycles. The lowest BCUT2D eigenvalue weighted by Gasteiger charge is -2.16. The summed E-state index contributed by atoms with van der Waals surface area (Å²) in [6, 6.07) is 11.3. The van der Waals surface area contributed by atoms with Crippen molar-refractivity contribution in [2.24, 2.45) is 0 Å². The van der Waals surface area contributed by atoms with E-state index in [1.54, 1.807) is 26.0 Å². The summed E-state index contributed by atoms with van der Waals surface area (Å²) in [6.45, 7) is 5.81. The van der Waals surface area contributed by atoms with Crippen LogP contribution in [0.3, 0.4) is 0 Å². The van der Waals surface area contributed by atoms with Crippen molar-refractivity contribution in [3.63, 3.8) is 0 Å². The second-order valence-corrected chi connectivity index (χ2v) is 7.68. The molecule has 3 aromatic carbocycles. The molecule has 0 spiro atoms. The molecule has 4 rings (SSSR count). The molecular formula is C27H24FNO5. The van der Waals surface area contributed by atoms with Crippen molar-refractivity contribution in [1.29, 1.82) is 0 Å². The molecule has 0 saturated heterocycles. The van der Waals surface area contributed by atoms with Crippen LogP contribution in [-0.2, 0) is 16.0 Å². The Kier molecular flexibility index (Phi) is 6.45.